The molecule has 0 bridgehead atoms. The molecule has 0 saturated heterocycles. The lowest BCUT2D eigenvalue weighted by atomic mass is 10.1. The number of aromatic nitrogens is 2. The Hall–Kier alpha value is -1.33. The monoisotopic (exact) mass is 312 g/mol. The van der Waals surface area contributed by atoms with E-state index in [1.165, 1.54) is 11.8 Å². The van der Waals surface area contributed by atoms with Crippen LogP contribution in [0.5, 0.6) is 0 Å². The Labute approximate surface area is 123 Å². The Morgan fingerprint density at radius 3 is 2.60 bits per heavy atom. The highest BCUT2D eigenvalue weighted by atomic mass is 35.7. The van der Waals surface area contributed by atoms with E-state index in [4.69, 9.17) is 10.7 Å². The molecule has 1 heterocycles. The van der Waals surface area contributed by atoms with Crippen molar-refractivity contribution in [2.45, 2.75) is 38.3 Å². The van der Waals surface area contributed by atoms with E-state index in [-0.39, 0.29) is 10.9 Å². The average molecular weight is 313 g/mol. The van der Waals surface area contributed by atoms with Gasteiger partial charge in [-0.1, -0.05) is 43.7 Å². The van der Waals surface area contributed by atoms with Gasteiger partial charge in [0.25, 0.3) is 9.05 Å². The van der Waals surface area contributed by atoms with Crippen molar-refractivity contribution < 1.29 is 8.42 Å². The van der Waals surface area contributed by atoms with Gasteiger partial charge in [-0.05, 0) is 12.5 Å². The van der Waals surface area contributed by atoms with Gasteiger partial charge in [-0.25, -0.2) is 13.4 Å². The van der Waals surface area contributed by atoms with Crippen LogP contribution in [0.15, 0.2) is 35.5 Å². The molecule has 0 aliphatic heterocycles. The van der Waals surface area contributed by atoms with Crippen LogP contribution >= 0.6 is 10.7 Å². The van der Waals surface area contributed by atoms with Gasteiger partial charge in [0.2, 0.25) is 0 Å². The second-order valence-corrected chi connectivity index (χ2v) is 7.66. The molecule has 0 atom stereocenters. The molecule has 0 saturated carbocycles. The fraction of sp³-hybridized carbons (Fsp3) is 0.357. The summed E-state index contributed by atoms with van der Waals surface area (Å²) in [5.74, 6) is 0.831. The zero-order valence-electron chi connectivity index (χ0n) is 11.7. The van der Waals surface area contributed by atoms with Crippen molar-refractivity contribution in [2.24, 2.45) is 0 Å². The third-order valence-corrected chi connectivity index (χ3v) is 4.16. The summed E-state index contributed by atoms with van der Waals surface area (Å²) in [4.78, 5) is 4.14. The van der Waals surface area contributed by atoms with Crippen molar-refractivity contribution in [3.8, 4) is 0 Å². The molecule has 0 aliphatic rings. The van der Waals surface area contributed by atoms with Gasteiger partial charge < -0.3 is 4.57 Å². The van der Waals surface area contributed by atoms with Crippen molar-refractivity contribution in [1.29, 1.82) is 0 Å². The molecule has 0 unspecified atom stereocenters. The van der Waals surface area contributed by atoms with Gasteiger partial charge in [0.05, 0.1) is 0 Å². The fourth-order valence-corrected chi connectivity index (χ4v) is 2.80. The van der Waals surface area contributed by atoms with E-state index in [1.54, 1.807) is 0 Å². The Morgan fingerprint density at radius 1 is 1.35 bits per heavy atom. The average Bonchev–Trinajstić information content (AvgIpc) is 2.72. The second kappa shape index (κ2) is 5.58. The van der Waals surface area contributed by atoms with Crippen molar-refractivity contribution >= 4 is 19.7 Å². The molecule has 1 aromatic carbocycles. The first-order chi connectivity index (χ1) is 9.27. The normalized spacial score (nSPS) is 12.1. The number of hydrogen-bond donors (Lipinski definition) is 0. The summed E-state index contributed by atoms with van der Waals surface area (Å²) in [6.45, 7) is 6.55. The third-order valence-electron chi connectivity index (χ3n) is 2.99. The maximum absolute atomic E-state index is 11.4. The molecule has 20 heavy (non-hydrogen) atoms. The molecule has 0 aliphatic carbocycles. The number of aryl methyl sites for hydroxylation is 1. The lowest BCUT2D eigenvalue weighted by molar-refractivity contribution is 0.606. The molecule has 0 radical (unpaired) electrons. The fourth-order valence-electron chi connectivity index (χ4n) is 2.12. The largest absolute Gasteiger partial charge is 0.329 e. The summed E-state index contributed by atoms with van der Waals surface area (Å²) in [7, 11) is 1.57. The van der Waals surface area contributed by atoms with Crippen molar-refractivity contribution in [1.82, 2.24) is 9.55 Å². The summed E-state index contributed by atoms with van der Waals surface area (Å²) in [5.41, 5.74) is 2.27. The Morgan fingerprint density at radius 2 is 2.05 bits per heavy atom. The summed E-state index contributed by atoms with van der Waals surface area (Å²) in [6.07, 6.45) is 1.50. The summed E-state index contributed by atoms with van der Waals surface area (Å²) >= 11 is 0. The van der Waals surface area contributed by atoms with Gasteiger partial charge in [0.1, 0.15) is 5.82 Å². The van der Waals surface area contributed by atoms with Crippen molar-refractivity contribution in [3.63, 3.8) is 0 Å². The molecule has 4 nitrogen and oxygen atoms in total. The highest BCUT2D eigenvalue weighted by molar-refractivity contribution is 8.13. The van der Waals surface area contributed by atoms with Crippen LogP contribution in [0, 0.1) is 6.92 Å². The van der Waals surface area contributed by atoms with E-state index >= 15 is 0 Å². The smallest absolute Gasteiger partial charge is 0.280 e. The standard InChI is InChI=1S/C14H17ClN2O2S/c1-10(2)14-16-13(20(15,18)19)9-17(14)8-12-6-4-5-11(3)7-12/h4-7,9-10H,8H2,1-3H3. The van der Waals surface area contributed by atoms with E-state index in [9.17, 15) is 8.42 Å². The van der Waals surface area contributed by atoms with E-state index in [0.717, 1.165) is 5.56 Å². The van der Waals surface area contributed by atoms with Crippen LogP contribution < -0.4 is 0 Å². The molecular formula is C14H17ClN2O2S. The quantitative estimate of drug-likeness (QED) is 0.814. The van der Waals surface area contributed by atoms with Crippen LogP contribution in [0.3, 0.4) is 0 Å². The Balaban J connectivity index is 2.43. The van der Waals surface area contributed by atoms with Crippen molar-refractivity contribution in [2.75, 3.05) is 0 Å². The van der Waals surface area contributed by atoms with E-state index in [0.29, 0.717) is 12.4 Å². The maximum Gasteiger partial charge on any atom is 0.280 e. The van der Waals surface area contributed by atoms with Gasteiger partial charge in [-0.15, -0.1) is 0 Å². The molecule has 0 amide bonds. The van der Waals surface area contributed by atoms with Crippen molar-refractivity contribution in [3.05, 3.63) is 47.4 Å². The van der Waals surface area contributed by atoms with Crippen LogP contribution in [0.2, 0.25) is 0 Å². The molecule has 1 aromatic heterocycles. The minimum Gasteiger partial charge on any atom is -0.329 e. The summed E-state index contributed by atoms with van der Waals surface area (Å²) < 4.78 is 24.7. The van der Waals surface area contributed by atoms with Crippen LogP contribution in [0.4, 0.5) is 0 Å². The van der Waals surface area contributed by atoms with Crippen LogP contribution in [0.1, 0.15) is 36.7 Å². The molecule has 108 valence electrons. The van der Waals surface area contributed by atoms with Gasteiger partial charge >= 0.3 is 0 Å². The number of imidazole rings is 1. The summed E-state index contributed by atoms with van der Waals surface area (Å²) in [6, 6.07) is 8.08. The SMILES string of the molecule is Cc1cccc(Cn2cc(S(=O)(=O)Cl)nc2C(C)C)c1. The number of rotatable bonds is 4. The highest BCUT2D eigenvalue weighted by Gasteiger charge is 2.19. The van der Waals surface area contributed by atoms with Gasteiger partial charge in [-0.2, -0.15) is 0 Å². The van der Waals surface area contributed by atoms with Gasteiger partial charge in [0, 0.05) is 29.3 Å². The van der Waals surface area contributed by atoms with Crippen LogP contribution in [-0.4, -0.2) is 18.0 Å². The highest BCUT2D eigenvalue weighted by Crippen LogP contribution is 2.21. The lowest BCUT2D eigenvalue weighted by Gasteiger charge is -2.10. The first kappa shape index (κ1) is 15.1. The number of halogens is 1. The van der Waals surface area contributed by atoms with Crippen LogP contribution in [-0.2, 0) is 15.6 Å². The Bertz CT molecular complexity index is 721. The lowest BCUT2D eigenvalue weighted by Crippen LogP contribution is -2.05. The molecular weight excluding hydrogens is 296 g/mol. The predicted molar refractivity (Wildman–Crippen MR) is 79.6 cm³/mol. The number of hydrogen-bond acceptors (Lipinski definition) is 3. The summed E-state index contributed by atoms with van der Waals surface area (Å²) in [5, 5.41) is -0.0875. The van der Waals surface area contributed by atoms with Gasteiger partial charge in [0.15, 0.2) is 5.03 Å². The zero-order chi connectivity index (χ0) is 14.9. The molecule has 2 aromatic rings. The topological polar surface area (TPSA) is 52.0 Å². The minimum atomic E-state index is -3.80. The zero-order valence-corrected chi connectivity index (χ0v) is 13.2. The second-order valence-electron chi connectivity index (χ2n) is 5.15. The third kappa shape index (κ3) is 3.41. The molecule has 0 fully saturated rings. The minimum absolute atomic E-state index is 0.0875. The van der Waals surface area contributed by atoms with E-state index in [1.807, 2.05) is 43.5 Å². The van der Waals surface area contributed by atoms with Gasteiger partial charge in [-0.3, -0.25) is 0 Å². The molecule has 2 rings (SSSR count). The molecule has 0 N–H and O–H groups in total. The predicted octanol–water partition coefficient (Wildman–Crippen LogP) is 3.29. The first-order valence-electron chi connectivity index (χ1n) is 6.34. The number of benzene rings is 1. The molecule has 0 spiro atoms. The number of nitrogens with zero attached hydrogens (tertiary/aromatic N) is 2. The van der Waals surface area contributed by atoms with E-state index in [2.05, 4.69) is 11.1 Å². The van der Waals surface area contributed by atoms with Crippen LogP contribution in [0.25, 0.3) is 0 Å². The van der Waals surface area contributed by atoms with E-state index < -0.39 is 9.05 Å². The first-order valence-corrected chi connectivity index (χ1v) is 8.65. The molecule has 6 heteroatoms. The maximum atomic E-state index is 11.4. The Kier molecular flexibility index (Phi) is 4.20.